The average Bonchev–Trinajstić information content (AvgIpc) is 2.97. The predicted octanol–water partition coefficient (Wildman–Crippen LogP) is 8.57. The number of aromatic carboxylic acids is 1. The second-order valence-electron chi connectivity index (χ2n) is 9.01. The van der Waals surface area contributed by atoms with E-state index < -0.39 is 17.1 Å². The number of fused-ring (bicyclic) bond motifs is 1. The zero-order valence-electron chi connectivity index (χ0n) is 21.3. The van der Waals surface area contributed by atoms with E-state index in [9.17, 15) is 19.5 Å². The molecule has 0 saturated heterocycles. The van der Waals surface area contributed by atoms with Crippen molar-refractivity contribution < 1.29 is 19.5 Å². The fourth-order valence-corrected chi connectivity index (χ4v) is 5.83. The molecule has 0 spiro atoms. The van der Waals surface area contributed by atoms with Crippen LogP contribution < -0.4 is 10.6 Å². The number of benzene rings is 5. The molecule has 5 aromatic carbocycles. The number of nitrogens with one attached hydrogen (secondary N) is 2. The normalized spacial score (nSPS) is 11.6. The Morgan fingerprint density at radius 3 is 2.07 bits per heavy atom. The molecule has 204 valence electrons. The van der Waals surface area contributed by atoms with Crippen LogP contribution in [0.3, 0.4) is 0 Å². The topological polar surface area (TPSA) is 95.5 Å². The van der Waals surface area contributed by atoms with Crippen LogP contribution in [0.25, 0.3) is 10.8 Å². The Morgan fingerprint density at radius 1 is 0.732 bits per heavy atom. The van der Waals surface area contributed by atoms with E-state index in [1.165, 1.54) is 17.8 Å². The maximum absolute atomic E-state index is 13.4. The Bertz CT molecular complexity index is 1760. The molecule has 0 heterocycles. The maximum Gasteiger partial charge on any atom is 0.336 e. The molecule has 0 aromatic heterocycles. The number of amides is 2. The summed E-state index contributed by atoms with van der Waals surface area (Å²) >= 11 is 13.6. The van der Waals surface area contributed by atoms with Crippen LogP contribution in [-0.2, 0) is 4.79 Å². The lowest BCUT2D eigenvalue weighted by atomic mass is 9.98. The quantitative estimate of drug-likeness (QED) is 0.155. The summed E-state index contributed by atoms with van der Waals surface area (Å²) in [6, 6.07) is 31.3. The Labute approximate surface area is 250 Å². The van der Waals surface area contributed by atoms with Crippen molar-refractivity contribution >= 4 is 74.9 Å². The first-order valence-corrected chi connectivity index (χ1v) is 14.1. The van der Waals surface area contributed by atoms with Gasteiger partial charge in [0.1, 0.15) is 5.25 Å². The van der Waals surface area contributed by atoms with Gasteiger partial charge in [-0.15, -0.1) is 11.8 Å². The van der Waals surface area contributed by atoms with E-state index in [0.717, 1.165) is 10.5 Å². The summed E-state index contributed by atoms with van der Waals surface area (Å²) in [6.45, 7) is 0. The number of anilines is 2. The lowest BCUT2D eigenvalue weighted by molar-refractivity contribution is -0.115. The van der Waals surface area contributed by atoms with Gasteiger partial charge in [-0.3, -0.25) is 9.59 Å². The zero-order chi connectivity index (χ0) is 28.9. The second kappa shape index (κ2) is 12.5. The molecular weight excluding hydrogens is 579 g/mol. The van der Waals surface area contributed by atoms with Crippen LogP contribution in [-0.4, -0.2) is 22.9 Å². The molecule has 1 atom stereocenters. The number of carbonyl (C=O) groups is 3. The van der Waals surface area contributed by atoms with E-state index in [1.54, 1.807) is 60.7 Å². The molecule has 1 unspecified atom stereocenters. The van der Waals surface area contributed by atoms with E-state index in [-0.39, 0.29) is 17.0 Å². The van der Waals surface area contributed by atoms with Gasteiger partial charge in [0, 0.05) is 26.6 Å². The fourth-order valence-electron chi connectivity index (χ4n) is 4.35. The van der Waals surface area contributed by atoms with Gasteiger partial charge in [0.15, 0.2) is 0 Å². The molecular formula is C32H22Cl2N2O4S. The molecule has 0 aliphatic carbocycles. The van der Waals surface area contributed by atoms with Gasteiger partial charge in [-0.05, 0) is 65.5 Å². The number of hydrogen-bond donors (Lipinski definition) is 3. The van der Waals surface area contributed by atoms with Crippen molar-refractivity contribution in [2.45, 2.75) is 10.1 Å². The summed E-state index contributed by atoms with van der Waals surface area (Å²) in [4.78, 5) is 39.1. The van der Waals surface area contributed by atoms with Crippen molar-refractivity contribution in [1.82, 2.24) is 0 Å². The van der Waals surface area contributed by atoms with Crippen LogP contribution >= 0.6 is 35.0 Å². The number of carbonyl (C=O) groups excluding carboxylic acids is 2. The predicted molar refractivity (Wildman–Crippen MR) is 165 cm³/mol. The standard InChI is InChI=1S/C32H22Cl2N2O4S/c33-21-12-17-27(26(34)18-21)36-31(38)29(20-6-2-1-3-7-20)41-23-15-13-22(14-16-23)35-30(37)24-10-4-8-19-9-5-11-25(28(19)24)32(39)40/h1-18,29H,(H,35,37)(H,36,38)(H,39,40). The molecule has 2 amide bonds. The fraction of sp³-hybridized carbons (Fsp3) is 0.0312. The molecule has 9 heteroatoms. The van der Waals surface area contributed by atoms with Crippen LogP contribution in [0.15, 0.2) is 114 Å². The maximum atomic E-state index is 13.4. The molecule has 0 aliphatic heterocycles. The highest BCUT2D eigenvalue weighted by molar-refractivity contribution is 8.00. The van der Waals surface area contributed by atoms with Crippen LogP contribution in [0.5, 0.6) is 0 Å². The van der Waals surface area contributed by atoms with Gasteiger partial charge in [0.25, 0.3) is 5.91 Å². The Kier molecular flexibility index (Phi) is 8.59. The number of rotatable bonds is 8. The number of hydrogen-bond acceptors (Lipinski definition) is 4. The molecule has 0 radical (unpaired) electrons. The lowest BCUT2D eigenvalue weighted by Crippen LogP contribution is -2.19. The summed E-state index contributed by atoms with van der Waals surface area (Å²) in [7, 11) is 0. The molecule has 6 nitrogen and oxygen atoms in total. The largest absolute Gasteiger partial charge is 0.478 e. The Balaban J connectivity index is 1.35. The molecule has 0 fully saturated rings. The molecule has 0 aliphatic rings. The molecule has 41 heavy (non-hydrogen) atoms. The molecule has 5 rings (SSSR count). The lowest BCUT2D eigenvalue weighted by Gasteiger charge is -2.18. The van der Waals surface area contributed by atoms with Crippen LogP contribution in [0.4, 0.5) is 11.4 Å². The minimum Gasteiger partial charge on any atom is -0.478 e. The number of carboxylic acids is 1. The first kappa shape index (κ1) is 28.2. The third-order valence-corrected chi connectivity index (χ3v) is 8.09. The third kappa shape index (κ3) is 6.55. The van der Waals surface area contributed by atoms with E-state index in [2.05, 4.69) is 10.6 Å². The smallest absolute Gasteiger partial charge is 0.336 e. The monoisotopic (exact) mass is 600 g/mol. The highest BCUT2D eigenvalue weighted by Gasteiger charge is 2.23. The van der Waals surface area contributed by atoms with Crippen molar-refractivity contribution in [3.8, 4) is 0 Å². The highest BCUT2D eigenvalue weighted by Crippen LogP contribution is 2.37. The first-order valence-electron chi connectivity index (χ1n) is 12.4. The number of halogens is 2. The Morgan fingerprint density at radius 2 is 1.41 bits per heavy atom. The average molecular weight is 602 g/mol. The molecule has 0 bridgehead atoms. The van der Waals surface area contributed by atoms with E-state index in [1.807, 2.05) is 42.5 Å². The summed E-state index contributed by atoms with van der Waals surface area (Å²) in [5, 5.41) is 16.6. The van der Waals surface area contributed by atoms with Gasteiger partial charge in [-0.2, -0.15) is 0 Å². The van der Waals surface area contributed by atoms with Gasteiger partial charge in [-0.25, -0.2) is 4.79 Å². The van der Waals surface area contributed by atoms with E-state index >= 15 is 0 Å². The highest BCUT2D eigenvalue weighted by atomic mass is 35.5. The summed E-state index contributed by atoms with van der Waals surface area (Å²) in [5.74, 6) is -1.79. The van der Waals surface area contributed by atoms with E-state index in [4.69, 9.17) is 23.2 Å². The van der Waals surface area contributed by atoms with Crippen molar-refractivity contribution in [3.63, 3.8) is 0 Å². The zero-order valence-corrected chi connectivity index (χ0v) is 23.6. The molecule has 0 saturated carbocycles. The summed E-state index contributed by atoms with van der Waals surface area (Å²) in [6.07, 6.45) is 0. The van der Waals surface area contributed by atoms with Crippen LogP contribution in [0, 0.1) is 0 Å². The third-order valence-electron chi connectivity index (χ3n) is 6.28. The van der Waals surface area contributed by atoms with Crippen molar-refractivity contribution in [2.24, 2.45) is 0 Å². The van der Waals surface area contributed by atoms with Gasteiger partial charge in [-0.1, -0.05) is 77.8 Å². The molecule has 3 N–H and O–H groups in total. The van der Waals surface area contributed by atoms with Crippen molar-refractivity contribution in [2.75, 3.05) is 10.6 Å². The Hall–Kier alpha value is -4.30. The van der Waals surface area contributed by atoms with Crippen molar-refractivity contribution in [1.29, 1.82) is 0 Å². The van der Waals surface area contributed by atoms with Crippen LogP contribution in [0.2, 0.25) is 10.0 Å². The first-order chi connectivity index (χ1) is 19.8. The number of carboxylic acid groups (broad SMARTS) is 1. The van der Waals surface area contributed by atoms with Gasteiger partial charge in [0.2, 0.25) is 5.91 Å². The SMILES string of the molecule is O=C(O)c1cccc2cccc(C(=O)Nc3ccc(SC(C(=O)Nc4ccc(Cl)cc4Cl)c4ccccc4)cc3)c12. The minimum atomic E-state index is -1.10. The van der Waals surface area contributed by atoms with Gasteiger partial charge < -0.3 is 15.7 Å². The van der Waals surface area contributed by atoms with Crippen LogP contribution in [0.1, 0.15) is 31.5 Å². The van der Waals surface area contributed by atoms with E-state index in [0.29, 0.717) is 32.2 Å². The summed E-state index contributed by atoms with van der Waals surface area (Å²) < 4.78 is 0. The van der Waals surface area contributed by atoms with Gasteiger partial charge >= 0.3 is 5.97 Å². The minimum absolute atomic E-state index is 0.0603. The van der Waals surface area contributed by atoms with Gasteiger partial charge in [0.05, 0.1) is 16.3 Å². The summed E-state index contributed by atoms with van der Waals surface area (Å²) in [5.41, 5.74) is 2.12. The second-order valence-corrected chi connectivity index (χ2v) is 11.0. The molecule has 5 aromatic rings. The number of thioether (sulfide) groups is 1. The van der Waals surface area contributed by atoms with Crippen molar-refractivity contribution in [3.05, 3.63) is 136 Å².